The molecule has 0 aromatic carbocycles. The van der Waals surface area contributed by atoms with Crippen LogP contribution in [-0.4, -0.2) is 44.2 Å². The Morgan fingerprint density at radius 2 is 2.24 bits per heavy atom. The van der Waals surface area contributed by atoms with Crippen molar-refractivity contribution in [1.82, 2.24) is 0 Å². The summed E-state index contributed by atoms with van der Waals surface area (Å²) < 4.78 is 5.16. The Morgan fingerprint density at radius 3 is 2.88 bits per heavy atom. The zero-order valence-corrected chi connectivity index (χ0v) is 12.5. The fraction of sp³-hybridized carbons (Fsp3) is 0.917. The number of quaternary nitrogens is 1. The van der Waals surface area contributed by atoms with E-state index in [0.717, 1.165) is 24.6 Å². The number of ether oxygens (including phenoxy) is 1. The summed E-state index contributed by atoms with van der Waals surface area (Å²) in [6.45, 7) is 1.44. The molecule has 1 rings (SSSR count). The van der Waals surface area contributed by atoms with Crippen LogP contribution in [0.2, 0.25) is 0 Å². The van der Waals surface area contributed by atoms with E-state index in [-0.39, 0.29) is 5.97 Å². The van der Waals surface area contributed by atoms with Crippen LogP contribution in [0.1, 0.15) is 32.1 Å². The Bertz CT molecular complexity index is 219. The van der Waals surface area contributed by atoms with Crippen LogP contribution in [0.5, 0.6) is 0 Å². The molecule has 1 N–H and O–H groups in total. The molecule has 5 heteroatoms. The van der Waals surface area contributed by atoms with Gasteiger partial charge in [0.15, 0.2) is 0 Å². The largest absolute Gasteiger partial charge is 0.460 e. The molecule has 0 unspecified atom stereocenters. The molecule has 1 heterocycles. The maximum Gasteiger partial charge on any atom is 0.305 e. The highest BCUT2D eigenvalue weighted by Crippen LogP contribution is 2.39. The van der Waals surface area contributed by atoms with Crippen molar-refractivity contribution < 1.29 is 14.4 Å². The van der Waals surface area contributed by atoms with E-state index in [9.17, 15) is 4.79 Å². The number of hydrogen-bond donors (Lipinski definition) is 1. The van der Waals surface area contributed by atoms with E-state index < -0.39 is 0 Å². The van der Waals surface area contributed by atoms with Crippen molar-refractivity contribution in [2.45, 2.75) is 37.4 Å². The second-order valence-electron chi connectivity index (χ2n) is 4.75. The fourth-order valence-electron chi connectivity index (χ4n) is 1.65. The summed E-state index contributed by atoms with van der Waals surface area (Å²) in [5, 5.41) is 0.827. The van der Waals surface area contributed by atoms with Crippen molar-refractivity contribution in [1.29, 1.82) is 0 Å². The maximum absolute atomic E-state index is 11.4. The highest BCUT2D eigenvalue weighted by atomic mass is 33.1. The molecule has 0 bridgehead atoms. The SMILES string of the molecule is C[NH+](C)CCOC(=O)CCCC[C@@H]1CCSS1. The van der Waals surface area contributed by atoms with Crippen molar-refractivity contribution in [3.8, 4) is 0 Å². The minimum Gasteiger partial charge on any atom is -0.460 e. The summed E-state index contributed by atoms with van der Waals surface area (Å²) in [4.78, 5) is 12.7. The van der Waals surface area contributed by atoms with Crippen molar-refractivity contribution in [2.75, 3.05) is 33.0 Å². The monoisotopic (exact) mass is 278 g/mol. The lowest BCUT2D eigenvalue weighted by atomic mass is 10.1. The van der Waals surface area contributed by atoms with Gasteiger partial charge in [-0.05, 0) is 19.3 Å². The van der Waals surface area contributed by atoms with E-state index in [1.807, 2.05) is 21.6 Å². The number of hydrogen-bond acceptors (Lipinski definition) is 4. The summed E-state index contributed by atoms with van der Waals surface area (Å²) in [6, 6.07) is 0. The Balaban J connectivity index is 1.89. The number of rotatable bonds is 8. The second-order valence-corrected chi connectivity index (χ2v) is 7.54. The lowest BCUT2D eigenvalue weighted by Gasteiger charge is -2.08. The summed E-state index contributed by atoms with van der Waals surface area (Å²) in [6.07, 6.45) is 5.33. The van der Waals surface area contributed by atoms with E-state index in [1.165, 1.54) is 23.5 Å². The topological polar surface area (TPSA) is 30.7 Å². The van der Waals surface area contributed by atoms with Crippen LogP contribution in [0.3, 0.4) is 0 Å². The van der Waals surface area contributed by atoms with Gasteiger partial charge < -0.3 is 9.64 Å². The molecular weight excluding hydrogens is 254 g/mol. The van der Waals surface area contributed by atoms with Crippen LogP contribution < -0.4 is 4.90 Å². The molecule has 100 valence electrons. The highest BCUT2D eigenvalue weighted by Gasteiger charge is 2.15. The molecule has 3 nitrogen and oxygen atoms in total. The van der Waals surface area contributed by atoms with Gasteiger partial charge in [0.1, 0.15) is 13.2 Å². The zero-order chi connectivity index (χ0) is 12.5. The Hall–Kier alpha value is 0.130. The van der Waals surface area contributed by atoms with E-state index >= 15 is 0 Å². The quantitative estimate of drug-likeness (QED) is 0.413. The first kappa shape index (κ1) is 15.2. The van der Waals surface area contributed by atoms with Gasteiger partial charge in [-0.1, -0.05) is 28.0 Å². The number of carbonyl (C=O) groups excluding carboxylic acids is 1. The van der Waals surface area contributed by atoms with E-state index in [0.29, 0.717) is 13.0 Å². The molecule has 17 heavy (non-hydrogen) atoms. The van der Waals surface area contributed by atoms with Crippen LogP contribution in [0, 0.1) is 0 Å². The van der Waals surface area contributed by atoms with E-state index in [1.54, 1.807) is 0 Å². The minimum absolute atomic E-state index is 0.0281. The highest BCUT2D eigenvalue weighted by molar-refractivity contribution is 8.77. The lowest BCUT2D eigenvalue weighted by molar-refractivity contribution is -0.858. The minimum atomic E-state index is -0.0281. The summed E-state index contributed by atoms with van der Waals surface area (Å²) in [5.74, 6) is 1.27. The first-order chi connectivity index (χ1) is 8.18. The van der Waals surface area contributed by atoms with Gasteiger partial charge in [-0.3, -0.25) is 4.79 Å². The van der Waals surface area contributed by atoms with Gasteiger partial charge >= 0.3 is 5.97 Å². The molecule has 0 radical (unpaired) electrons. The number of nitrogens with one attached hydrogen (secondary N) is 1. The third-order valence-corrected chi connectivity index (χ3v) is 5.76. The predicted octanol–water partition coefficient (Wildman–Crippen LogP) is 1.39. The lowest BCUT2D eigenvalue weighted by Crippen LogP contribution is -3.06. The number of unbranched alkanes of at least 4 members (excludes halogenated alkanes) is 1. The van der Waals surface area contributed by atoms with Crippen molar-refractivity contribution >= 4 is 27.6 Å². The van der Waals surface area contributed by atoms with Gasteiger partial charge in [-0.2, -0.15) is 0 Å². The Morgan fingerprint density at radius 1 is 1.41 bits per heavy atom. The summed E-state index contributed by atoms with van der Waals surface area (Å²) in [7, 11) is 8.12. The molecule has 1 atom stereocenters. The molecule has 0 aliphatic carbocycles. The van der Waals surface area contributed by atoms with Crippen molar-refractivity contribution in [2.24, 2.45) is 0 Å². The smallest absolute Gasteiger partial charge is 0.305 e. The molecule has 0 saturated carbocycles. The van der Waals surface area contributed by atoms with Gasteiger partial charge in [-0.25, -0.2) is 0 Å². The normalized spacial score (nSPS) is 19.8. The molecule has 1 saturated heterocycles. The van der Waals surface area contributed by atoms with Crippen molar-refractivity contribution in [3.63, 3.8) is 0 Å². The third kappa shape index (κ3) is 7.95. The van der Waals surface area contributed by atoms with Crippen LogP contribution in [0.25, 0.3) is 0 Å². The van der Waals surface area contributed by atoms with E-state index in [4.69, 9.17) is 4.74 Å². The van der Waals surface area contributed by atoms with Crippen LogP contribution in [0.15, 0.2) is 0 Å². The maximum atomic E-state index is 11.4. The predicted molar refractivity (Wildman–Crippen MR) is 75.6 cm³/mol. The van der Waals surface area contributed by atoms with Crippen LogP contribution in [0.4, 0.5) is 0 Å². The zero-order valence-electron chi connectivity index (χ0n) is 10.9. The summed E-state index contributed by atoms with van der Waals surface area (Å²) >= 11 is 0. The van der Waals surface area contributed by atoms with Gasteiger partial charge in [-0.15, -0.1) is 0 Å². The molecular formula is C12H24NO2S2+. The van der Waals surface area contributed by atoms with Gasteiger partial charge in [0.25, 0.3) is 0 Å². The van der Waals surface area contributed by atoms with Gasteiger partial charge in [0, 0.05) is 17.4 Å². The number of likely N-dealkylation sites (N-methyl/N-ethyl adjacent to an activating group) is 1. The summed E-state index contributed by atoms with van der Waals surface area (Å²) in [5.41, 5.74) is 0. The van der Waals surface area contributed by atoms with Gasteiger partial charge in [0.2, 0.25) is 0 Å². The first-order valence-corrected chi connectivity index (χ1v) is 8.79. The Kier molecular flexibility index (Phi) is 8.14. The molecule has 0 aromatic rings. The molecule has 0 spiro atoms. The Labute approximate surface area is 112 Å². The fourth-order valence-corrected chi connectivity index (χ4v) is 4.67. The second kappa shape index (κ2) is 9.11. The average Bonchev–Trinajstić information content (AvgIpc) is 2.76. The van der Waals surface area contributed by atoms with Crippen LogP contribution >= 0.6 is 21.6 Å². The molecule has 0 amide bonds. The third-order valence-electron chi connectivity index (χ3n) is 2.75. The number of carbonyl (C=O) groups is 1. The average molecular weight is 278 g/mol. The standard InChI is InChI=1S/C12H23NO2S2/c1-13(2)8-9-15-12(14)6-4-3-5-11-7-10-16-17-11/h11H,3-10H2,1-2H3/p+1/t11-/m1/s1. The molecule has 0 aromatic heterocycles. The molecule has 1 aliphatic rings. The van der Waals surface area contributed by atoms with Gasteiger partial charge in [0.05, 0.1) is 14.1 Å². The van der Waals surface area contributed by atoms with Crippen molar-refractivity contribution in [3.05, 3.63) is 0 Å². The first-order valence-electron chi connectivity index (χ1n) is 6.41. The van der Waals surface area contributed by atoms with E-state index in [2.05, 4.69) is 14.1 Å². The number of esters is 1. The van der Waals surface area contributed by atoms with Crippen LogP contribution in [-0.2, 0) is 9.53 Å². The molecule has 1 aliphatic heterocycles. The molecule has 1 fully saturated rings.